The van der Waals surface area contributed by atoms with Gasteiger partial charge in [0, 0.05) is 5.69 Å². The number of carbonyl (C=O) groups is 2. The molecular formula is C20H25NO4. The molecule has 5 nitrogen and oxygen atoms in total. The number of rotatable bonds is 2. The Kier molecular flexibility index (Phi) is 3.97. The van der Waals surface area contributed by atoms with Crippen LogP contribution in [0, 0.1) is 0 Å². The van der Waals surface area contributed by atoms with Crippen LogP contribution in [0.3, 0.4) is 0 Å². The Labute approximate surface area is 147 Å². The van der Waals surface area contributed by atoms with Crippen LogP contribution in [0.4, 0.5) is 0 Å². The number of carbonyl (C=O) groups excluding carboxylic acids is 2. The number of ketones is 1. The number of Topliss-reactive ketones (excluding diaryl/α,β-unsaturated/α-hetero) is 1. The summed E-state index contributed by atoms with van der Waals surface area (Å²) >= 11 is 0. The van der Waals surface area contributed by atoms with Gasteiger partial charge in [0.25, 0.3) is 0 Å². The lowest BCUT2D eigenvalue weighted by molar-refractivity contribution is -0.139. The standard InChI is InChI=1S/C20H25NO4/c1-25-19(24)16-17(22)15-10-9-14(13-7-3-2-4-8-13)21(15)20(18(16)23)11-5-6-12-20/h9-10,13,22H,2-8,11-12H2,1H3. The molecule has 1 aromatic rings. The van der Waals surface area contributed by atoms with Crippen molar-refractivity contribution in [3.05, 3.63) is 29.1 Å². The number of aromatic nitrogens is 1. The summed E-state index contributed by atoms with van der Waals surface area (Å²) in [4.78, 5) is 25.5. The van der Waals surface area contributed by atoms with Crippen LogP contribution >= 0.6 is 0 Å². The molecule has 1 aromatic heterocycles. The Bertz CT molecular complexity index is 746. The van der Waals surface area contributed by atoms with E-state index >= 15 is 0 Å². The minimum absolute atomic E-state index is 0.176. The van der Waals surface area contributed by atoms with E-state index in [2.05, 4.69) is 10.6 Å². The molecule has 2 saturated carbocycles. The SMILES string of the molecule is COC(=O)C1=C(O)c2ccc(C3CCCCC3)n2C2(CCCC2)C1=O. The molecule has 0 amide bonds. The zero-order valence-electron chi connectivity index (χ0n) is 14.7. The highest BCUT2D eigenvalue weighted by Gasteiger charge is 2.52. The molecule has 0 bridgehead atoms. The predicted molar refractivity (Wildman–Crippen MR) is 93.3 cm³/mol. The zero-order valence-corrected chi connectivity index (χ0v) is 14.7. The van der Waals surface area contributed by atoms with Crippen molar-refractivity contribution in [3.8, 4) is 0 Å². The molecule has 134 valence electrons. The number of hydrogen-bond donors (Lipinski definition) is 1. The molecule has 0 atom stereocenters. The number of fused-ring (bicyclic) bond motifs is 2. The maximum atomic E-state index is 13.3. The molecular weight excluding hydrogens is 318 g/mol. The van der Waals surface area contributed by atoms with Crippen LogP contribution < -0.4 is 0 Å². The van der Waals surface area contributed by atoms with Crippen LogP contribution in [0.25, 0.3) is 5.76 Å². The zero-order chi connectivity index (χ0) is 17.6. The van der Waals surface area contributed by atoms with E-state index < -0.39 is 11.5 Å². The number of methoxy groups -OCH3 is 1. The molecule has 0 saturated heterocycles. The van der Waals surface area contributed by atoms with Crippen molar-refractivity contribution in [1.82, 2.24) is 4.57 Å². The summed E-state index contributed by atoms with van der Waals surface area (Å²) in [7, 11) is 1.25. The molecule has 0 aromatic carbocycles. The maximum absolute atomic E-state index is 13.3. The summed E-state index contributed by atoms with van der Waals surface area (Å²) in [6, 6.07) is 3.92. The lowest BCUT2D eigenvalue weighted by atomic mass is 9.81. The smallest absolute Gasteiger partial charge is 0.345 e. The average molecular weight is 343 g/mol. The number of nitrogens with zero attached hydrogens (tertiary/aromatic N) is 1. The van der Waals surface area contributed by atoms with Crippen molar-refractivity contribution in [1.29, 1.82) is 0 Å². The lowest BCUT2D eigenvalue weighted by Gasteiger charge is -2.39. The second-order valence-corrected chi connectivity index (χ2v) is 7.60. The molecule has 2 heterocycles. The number of aliphatic hydroxyl groups is 1. The normalized spacial score (nSPS) is 23.2. The van der Waals surface area contributed by atoms with Gasteiger partial charge in [-0.15, -0.1) is 0 Å². The summed E-state index contributed by atoms with van der Waals surface area (Å²) in [6.45, 7) is 0. The Balaban J connectivity index is 1.91. The van der Waals surface area contributed by atoms with E-state index in [-0.39, 0.29) is 17.1 Å². The van der Waals surface area contributed by atoms with Gasteiger partial charge in [-0.2, -0.15) is 0 Å². The highest BCUT2D eigenvalue weighted by atomic mass is 16.5. The van der Waals surface area contributed by atoms with Gasteiger partial charge in [0.05, 0.1) is 12.8 Å². The van der Waals surface area contributed by atoms with Gasteiger partial charge in [0.1, 0.15) is 11.1 Å². The lowest BCUT2D eigenvalue weighted by Crippen LogP contribution is -2.47. The second kappa shape index (κ2) is 6.04. The summed E-state index contributed by atoms with van der Waals surface area (Å²) < 4.78 is 6.87. The fourth-order valence-electron chi connectivity index (χ4n) is 5.10. The van der Waals surface area contributed by atoms with Gasteiger partial charge < -0.3 is 14.4 Å². The minimum Gasteiger partial charge on any atom is -0.505 e. The van der Waals surface area contributed by atoms with Crippen LogP contribution in [-0.2, 0) is 19.9 Å². The quantitative estimate of drug-likeness (QED) is 0.654. The third kappa shape index (κ3) is 2.28. The van der Waals surface area contributed by atoms with E-state index in [4.69, 9.17) is 4.74 Å². The first-order chi connectivity index (χ1) is 12.1. The molecule has 25 heavy (non-hydrogen) atoms. The van der Waals surface area contributed by atoms with Gasteiger partial charge in [-0.1, -0.05) is 32.1 Å². The van der Waals surface area contributed by atoms with Crippen LogP contribution in [0.2, 0.25) is 0 Å². The van der Waals surface area contributed by atoms with Crippen molar-refractivity contribution in [3.63, 3.8) is 0 Å². The fraction of sp³-hybridized carbons (Fsp3) is 0.600. The van der Waals surface area contributed by atoms with Gasteiger partial charge >= 0.3 is 5.97 Å². The summed E-state index contributed by atoms with van der Waals surface area (Å²) in [5, 5.41) is 10.7. The summed E-state index contributed by atoms with van der Waals surface area (Å²) in [5.74, 6) is -0.799. The van der Waals surface area contributed by atoms with Crippen molar-refractivity contribution in [2.45, 2.75) is 69.2 Å². The molecule has 0 radical (unpaired) electrons. The number of aliphatic hydroxyl groups excluding tert-OH is 1. The third-order valence-electron chi connectivity index (χ3n) is 6.31. The second-order valence-electron chi connectivity index (χ2n) is 7.60. The Morgan fingerprint density at radius 2 is 1.84 bits per heavy atom. The van der Waals surface area contributed by atoms with Crippen LogP contribution in [0.15, 0.2) is 17.7 Å². The van der Waals surface area contributed by atoms with Gasteiger partial charge in [0.15, 0.2) is 11.5 Å². The van der Waals surface area contributed by atoms with Crippen LogP contribution in [0.5, 0.6) is 0 Å². The van der Waals surface area contributed by atoms with Crippen molar-refractivity contribution < 1.29 is 19.4 Å². The van der Waals surface area contributed by atoms with E-state index in [0.29, 0.717) is 11.6 Å². The van der Waals surface area contributed by atoms with E-state index in [0.717, 1.165) is 44.2 Å². The molecule has 4 rings (SSSR count). The van der Waals surface area contributed by atoms with E-state index in [1.807, 2.05) is 6.07 Å². The van der Waals surface area contributed by atoms with E-state index in [9.17, 15) is 14.7 Å². The molecule has 2 aliphatic carbocycles. The molecule has 2 fully saturated rings. The van der Waals surface area contributed by atoms with Gasteiger partial charge in [0.2, 0.25) is 0 Å². The van der Waals surface area contributed by atoms with Crippen molar-refractivity contribution >= 4 is 17.5 Å². The van der Waals surface area contributed by atoms with Gasteiger partial charge in [-0.25, -0.2) is 4.79 Å². The topological polar surface area (TPSA) is 68.5 Å². The highest BCUT2D eigenvalue weighted by Crippen LogP contribution is 2.48. The van der Waals surface area contributed by atoms with Crippen LogP contribution in [-0.4, -0.2) is 28.5 Å². The summed E-state index contributed by atoms with van der Waals surface area (Å²) in [5.41, 5.74) is 0.856. The molecule has 1 spiro atoms. The first-order valence-corrected chi connectivity index (χ1v) is 9.39. The number of esters is 1. The molecule has 1 aliphatic heterocycles. The Morgan fingerprint density at radius 3 is 2.48 bits per heavy atom. The maximum Gasteiger partial charge on any atom is 0.345 e. The fourth-order valence-corrected chi connectivity index (χ4v) is 5.10. The summed E-state index contributed by atoms with van der Waals surface area (Å²) in [6.07, 6.45) is 9.31. The number of hydrogen-bond acceptors (Lipinski definition) is 4. The monoisotopic (exact) mass is 343 g/mol. The van der Waals surface area contributed by atoms with Gasteiger partial charge in [-0.05, 0) is 43.7 Å². The van der Waals surface area contributed by atoms with Gasteiger partial charge in [-0.3, -0.25) is 4.79 Å². The first kappa shape index (κ1) is 16.4. The first-order valence-electron chi connectivity index (χ1n) is 9.39. The molecule has 3 aliphatic rings. The van der Waals surface area contributed by atoms with Crippen molar-refractivity contribution in [2.75, 3.05) is 7.11 Å². The number of ether oxygens (including phenoxy) is 1. The minimum atomic E-state index is -0.736. The van der Waals surface area contributed by atoms with E-state index in [1.165, 1.54) is 26.4 Å². The molecule has 0 unspecified atom stereocenters. The van der Waals surface area contributed by atoms with Crippen molar-refractivity contribution in [2.24, 2.45) is 0 Å². The Morgan fingerprint density at radius 1 is 1.16 bits per heavy atom. The molecule has 5 heteroatoms. The van der Waals surface area contributed by atoms with E-state index in [1.54, 1.807) is 0 Å². The third-order valence-corrected chi connectivity index (χ3v) is 6.31. The largest absolute Gasteiger partial charge is 0.505 e. The average Bonchev–Trinajstić information content (AvgIpc) is 3.29. The predicted octanol–water partition coefficient (Wildman–Crippen LogP) is 3.83. The molecule has 1 N–H and O–H groups in total. The Hall–Kier alpha value is -2.04. The van der Waals surface area contributed by atoms with Crippen LogP contribution in [0.1, 0.15) is 75.1 Å². The highest BCUT2D eigenvalue weighted by molar-refractivity contribution is 6.25.